The van der Waals surface area contributed by atoms with E-state index >= 15 is 0 Å². The fourth-order valence-electron chi connectivity index (χ4n) is 1.30. The minimum Gasteiger partial charge on any atom is -0.374 e. The molecule has 12 heteroatoms. The predicted molar refractivity (Wildman–Crippen MR) is 71.6 cm³/mol. The minimum absolute atomic E-state index is 0.0921. The first-order valence-electron chi connectivity index (χ1n) is 5.08. The Kier molecular flexibility index (Phi) is 4.00. The van der Waals surface area contributed by atoms with Crippen LogP contribution in [0.5, 0.6) is 0 Å². The second-order valence-electron chi connectivity index (χ2n) is 3.70. The van der Waals surface area contributed by atoms with E-state index < -0.39 is 31.8 Å². The van der Waals surface area contributed by atoms with Crippen molar-refractivity contribution < 1.29 is 21.6 Å². The van der Waals surface area contributed by atoms with Gasteiger partial charge >= 0.3 is 6.18 Å². The van der Waals surface area contributed by atoms with E-state index in [4.69, 9.17) is 17.3 Å². The van der Waals surface area contributed by atoms with Gasteiger partial charge in [0.25, 0.3) is 14.4 Å². The van der Waals surface area contributed by atoms with Crippen molar-refractivity contribution in [3.63, 3.8) is 0 Å². The molecule has 6 nitrogen and oxygen atoms in total. The van der Waals surface area contributed by atoms with Crippen LogP contribution in [0.2, 0.25) is 5.02 Å². The molecule has 0 unspecified atom stereocenters. The zero-order valence-electron chi connectivity index (χ0n) is 9.85. The highest BCUT2D eigenvalue weighted by molar-refractivity contribution is 7.94. The highest BCUT2D eigenvalue weighted by Crippen LogP contribution is 2.34. The van der Waals surface area contributed by atoms with Gasteiger partial charge in [-0.15, -0.1) is 10.2 Å². The van der Waals surface area contributed by atoms with Gasteiger partial charge in [0.05, 0.1) is 16.3 Å². The van der Waals surface area contributed by atoms with E-state index in [1.807, 2.05) is 4.72 Å². The van der Waals surface area contributed by atoms with Crippen LogP contribution in [-0.2, 0) is 16.2 Å². The van der Waals surface area contributed by atoms with Crippen LogP contribution in [0.15, 0.2) is 22.5 Å². The van der Waals surface area contributed by atoms with Crippen molar-refractivity contribution in [3.05, 3.63) is 28.8 Å². The number of sulfonamides is 1. The Morgan fingerprint density at radius 1 is 1.29 bits per heavy atom. The van der Waals surface area contributed by atoms with E-state index in [1.54, 1.807) is 0 Å². The first-order valence-corrected chi connectivity index (χ1v) is 7.76. The molecular formula is C9H6ClF3N4O2S2. The first-order chi connectivity index (χ1) is 9.59. The molecular weight excluding hydrogens is 353 g/mol. The van der Waals surface area contributed by atoms with Gasteiger partial charge < -0.3 is 5.73 Å². The normalized spacial score (nSPS) is 12.4. The van der Waals surface area contributed by atoms with Gasteiger partial charge in [0, 0.05) is 0 Å². The van der Waals surface area contributed by atoms with Crippen molar-refractivity contribution in [3.8, 4) is 0 Å². The van der Waals surface area contributed by atoms with Gasteiger partial charge in [-0.2, -0.15) is 21.6 Å². The molecule has 1 aromatic heterocycles. The summed E-state index contributed by atoms with van der Waals surface area (Å²) in [6.45, 7) is 0. The number of nitrogens with zero attached hydrogens (tertiary/aromatic N) is 2. The summed E-state index contributed by atoms with van der Waals surface area (Å²) in [6.07, 6.45) is -4.63. The number of aromatic nitrogens is 2. The molecule has 1 heterocycles. The summed E-state index contributed by atoms with van der Waals surface area (Å²) in [4.78, 5) is 0. The highest BCUT2D eigenvalue weighted by atomic mass is 35.5. The first kappa shape index (κ1) is 15.8. The second kappa shape index (κ2) is 5.31. The molecule has 0 aliphatic carbocycles. The molecule has 1 aromatic carbocycles. The molecule has 0 aliphatic rings. The van der Waals surface area contributed by atoms with E-state index in [2.05, 4.69) is 10.2 Å². The molecule has 21 heavy (non-hydrogen) atoms. The lowest BCUT2D eigenvalue weighted by molar-refractivity contribution is -0.137. The molecule has 3 N–H and O–H groups in total. The number of nitrogen functional groups attached to an aromatic ring is 1. The van der Waals surface area contributed by atoms with Crippen molar-refractivity contribution >= 4 is 43.8 Å². The lowest BCUT2D eigenvalue weighted by Gasteiger charge is -2.11. The van der Waals surface area contributed by atoms with Crippen LogP contribution in [0.25, 0.3) is 0 Å². The lowest BCUT2D eigenvalue weighted by atomic mass is 10.2. The largest absolute Gasteiger partial charge is 0.416 e. The van der Waals surface area contributed by atoms with Crippen LogP contribution in [0, 0.1) is 0 Å². The smallest absolute Gasteiger partial charge is 0.374 e. The Morgan fingerprint density at radius 3 is 2.48 bits per heavy atom. The highest BCUT2D eigenvalue weighted by Gasteiger charge is 2.31. The van der Waals surface area contributed by atoms with Gasteiger partial charge in [-0.05, 0) is 18.2 Å². The van der Waals surface area contributed by atoms with Crippen LogP contribution < -0.4 is 10.5 Å². The summed E-state index contributed by atoms with van der Waals surface area (Å²) in [7, 11) is -4.21. The fraction of sp³-hybridized carbons (Fsp3) is 0.111. The van der Waals surface area contributed by atoms with Crippen LogP contribution in [0.4, 0.5) is 24.0 Å². The summed E-state index contributed by atoms with van der Waals surface area (Å²) in [6, 6.07) is 2.27. The van der Waals surface area contributed by atoms with Crippen molar-refractivity contribution in [2.24, 2.45) is 0 Å². The zero-order chi connectivity index (χ0) is 15.8. The molecule has 0 fully saturated rings. The van der Waals surface area contributed by atoms with E-state index in [1.165, 1.54) is 0 Å². The maximum atomic E-state index is 12.6. The van der Waals surface area contributed by atoms with Crippen LogP contribution in [-0.4, -0.2) is 18.6 Å². The number of rotatable bonds is 3. The Labute approximate surface area is 125 Å². The Balaban J connectivity index is 2.39. The third-order valence-corrected chi connectivity index (χ3v) is 5.00. The number of anilines is 2. The Morgan fingerprint density at radius 2 is 1.95 bits per heavy atom. The molecule has 0 radical (unpaired) electrons. The fourth-order valence-corrected chi connectivity index (χ4v) is 3.37. The molecule has 2 rings (SSSR count). The maximum Gasteiger partial charge on any atom is 0.416 e. The predicted octanol–water partition coefficient (Wildman–Crippen LogP) is 2.59. The number of benzene rings is 1. The quantitative estimate of drug-likeness (QED) is 0.878. The average Bonchev–Trinajstić information content (AvgIpc) is 2.78. The zero-order valence-corrected chi connectivity index (χ0v) is 12.2. The van der Waals surface area contributed by atoms with E-state index in [0.29, 0.717) is 17.4 Å². The van der Waals surface area contributed by atoms with Gasteiger partial charge in [0.2, 0.25) is 5.13 Å². The molecule has 0 atom stereocenters. The lowest BCUT2D eigenvalue weighted by Crippen LogP contribution is -2.14. The van der Waals surface area contributed by atoms with E-state index in [9.17, 15) is 21.6 Å². The molecule has 0 saturated heterocycles. The van der Waals surface area contributed by atoms with Crippen molar-refractivity contribution in [1.82, 2.24) is 10.2 Å². The average molecular weight is 359 g/mol. The number of nitrogens with one attached hydrogen (secondary N) is 1. The van der Waals surface area contributed by atoms with Crippen LogP contribution in [0.1, 0.15) is 5.56 Å². The number of hydrogen-bond donors (Lipinski definition) is 2. The third-order valence-electron chi connectivity index (χ3n) is 2.19. The van der Waals surface area contributed by atoms with Crippen molar-refractivity contribution in [2.75, 3.05) is 10.5 Å². The monoisotopic (exact) mass is 358 g/mol. The molecule has 114 valence electrons. The minimum atomic E-state index is -4.63. The van der Waals surface area contributed by atoms with E-state index in [-0.39, 0.29) is 10.2 Å². The number of nitrogens with two attached hydrogens (primary N) is 1. The number of alkyl halides is 3. The SMILES string of the molecule is Nc1nnc(S(=O)(=O)Nc2cc(C(F)(F)F)ccc2Cl)s1. The summed E-state index contributed by atoms with van der Waals surface area (Å²) in [5.41, 5.74) is 3.80. The topological polar surface area (TPSA) is 98.0 Å². The number of halogens is 4. The number of hydrogen-bond acceptors (Lipinski definition) is 6. The van der Waals surface area contributed by atoms with Crippen molar-refractivity contribution in [2.45, 2.75) is 10.5 Å². The van der Waals surface area contributed by atoms with Gasteiger partial charge in [-0.3, -0.25) is 4.72 Å². The summed E-state index contributed by atoms with van der Waals surface area (Å²) in [5.74, 6) is 0. The van der Waals surface area contributed by atoms with Gasteiger partial charge in [-0.25, -0.2) is 0 Å². The molecule has 2 aromatic rings. The van der Waals surface area contributed by atoms with Crippen LogP contribution in [0.3, 0.4) is 0 Å². The maximum absolute atomic E-state index is 12.6. The standard InChI is InChI=1S/C9H6ClF3N4O2S2/c10-5-2-1-4(9(11,12)13)3-6(5)17-21(18,19)8-16-15-7(14)20-8/h1-3,17H,(H2,14,15). The van der Waals surface area contributed by atoms with Crippen LogP contribution >= 0.6 is 22.9 Å². The van der Waals surface area contributed by atoms with Gasteiger partial charge in [0.1, 0.15) is 0 Å². The van der Waals surface area contributed by atoms with Gasteiger partial charge in [0.15, 0.2) is 0 Å². The molecule has 0 amide bonds. The molecule has 0 bridgehead atoms. The molecule has 0 spiro atoms. The Bertz CT molecular complexity index is 776. The molecule has 0 saturated carbocycles. The summed E-state index contributed by atoms with van der Waals surface area (Å²) < 4.78 is 63.1. The Hall–Kier alpha value is -1.59. The van der Waals surface area contributed by atoms with Crippen molar-refractivity contribution in [1.29, 1.82) is 0 Å². The molecule has 0 aliphatic heterocycles. The third kappa shape index (κ3) is 3.54. The van der Waals surface area contributed by atoms with Gasteiger partial charge in [-0.1, -0.05) is 22.9 Å². The summed E-state index contributed by atoms with van der Waals surface area (Å²) >= 11 is 6.26. The second-order valence-corrected chi connectivity index (χ2v) is 6.98. The van der Waals surface area contributed by atoms with E-state index in [0.717, 1.165) is 12.1 Å². The summed E-state index contributed by atoms with van der Waals surface area (Å²) in [5, 5.41) is 6.35.